The summed E-state index contributed by atoms with van der Waals surface area (Å²) >= 11 is 1.44. The van der Waals surface area contributed by atoms with Gasteiger partial charge < -0.3 is 10.6 Å². The van der Waals surface area contributed by atoms with Gasteiger partial charge in [0.15, 0.2) is 5.16 Å². The molecule has 0 bridgehead atoms. The summed E-state index contributed by atoms with van der Waals surface area (Å²) in [6.07, 6.45) is 6.69. The van der Waals surface area contributed by atoms with E-state index in [0.29, 0.717) is 23.8 Å². The average molecular weight is 303 g/mol. The van der Waals surface area contributed by atoms with E-state index in [1.54, 1.807) is 6.20 Å². The topological polar surface area (TPSA) is 79.8 Å². The van der Waals surface area contributed by atoms with Crippen LogP contribution in [0.25, 0.3) is 0 Å². The minimum atomic E-state index is -0.179. The number of thioether (sulfide) groups is 1. The van der Waals surface area contributed by atoms with Gasteiger partial charge in [0.1, 0.15) is 5.82 Å². The van der Waals surface area contributed by atoms with Gasteiger partial charge in [0.25, 0.3) is 5.91 Å². The largest absolute Gasteiger partial charge is 0.368 e. The minimum absolute atomic E-state index is 0.179. The molecule has 1 amide bonds. The highest BCUT2D eigenvalue weighted by molar-refractivity contribution is 7.98. The number of rotatable bonds is 6. The van der Waals surface area contributed by atoms with Gasteiger partial charge >= 0.3 is 0 Å². The van der Waals surface area contributed by atoms with Crippen molar-refractivity contribution in [1.29, 1.82) is 0 Å². The Kier molecular flexibility index (Phi) is 5.51. The van der Waals surface area contributed by atoms with Gasteiger partial charge in [-0.25, -0.2) is 15.0 Å². The molecule has 2 N–H and O–H groups in total. The summed E-state index contributed by atoms with van der Waals surface area (Å²) in [6, 6.07) is 3.87. The van der Waals surface area contributed by atoms with Gasteiger partial charge in [-0.15, -0.1) is 0 Å². The van der Waals surface area contributed by atoms with Crippen LogP contribution in [0.3, 0.4) is 0 Å². The van der Waals surface area contributed by atoms with Crippen LogP contribution in [0.15, 0.2) is 35.9 Å². The number of carbonyl (C=O) groups is 1. The van der Waals surface area contributed by atoms with Crippen LogP contribution >= 0.6 is 11.8 Å². The third-order valence-corrected chi connectivity index (χ3v) is 3.36. The smallest absolute Gasteiger partial charge is 0.254 e. The predicted molar refractivity (Wildman–Crippen MR) is 83.6 cm³/mol. The number of nitrogens with one attached hydrogen (secondary N) is 2. The molecule has 0 radical (unpaired) electrons. The van der Waals surface area contributed by atoms with Gasteiger partial charge in [-0.3, -0.25) is 4.79 Å². The number of nitrogens with zero attached hydrogens (tertiary/aromatic N) is 3. The fourth-order valence-corrected chi connectivity index (χ4v) is 1.98. The summed E-state index contributed by atoms with van der Waals surface area (Å²) in [4.78, 5) is 24.2. The fraction of sp³-hybridized carbons (Fsp3) is 0.286. The molecule has 0 aromatic carbocycles. The second-order valence-electron chi connectivity index (χ2n) is 4.31. The number of amides is 1. The molecule has 0 spiro atoms. The molecule has 2 heterocycles. The molecule has 110 valence electrons. The van der Waals surface area contributed by atoms with Crippen LogP contribution in [0.2, 0.25) is 0 Å². The molecule has 0 aliphatic rings. The highest BCUT2D eigenvalue weighted by Crippen LogP contribution is 2.08. The summed E-state index contributed by atoms with van der Waals surface area (Å²) in [5.41, 5.74) is 1.53. The van der Waals surface area contributed by atoms with Gasteiger partial charge in [-0.1, -0.05) is 17.8 Å². The highest BCUT2D eigenvalue weighted by Gasteiger charge is 2.06. The summed E-state index contributed by atoms with van der Waals surface area (Å²) in [7, 11) is 0. The van der Waals surface area contributed by atoms with Crippen molar-refractivity contribution < 1.29 is 4.79 Å². The molecule has 0 aliphatic heterocycles. The molecular weight excluding hydrogens is 286 g/mol. The Morgan fingerprint density at radius 1 is 1.24 bits per heavy atom. The Morgan fingerprint density at radius 2 is 2.00 bits per heavy atom. The lowest BCUT2D eigenvalue weighted by Gasteiger charge is -2.09. The second-order valence-corrected chi connectivity index (χ2v) is 5.08. The predicted octanol–water partition coefficient (Wildman–Crippen LogP) is 1.74. The van der Waals surface area contributed by atoms with Crippen molar-refractivity contribution in [3.8, 4) is 0 Å². The molecule has 2 aromatic heterocycles. The van der Waals surface area contributed by atoms with Gasteiger partial charge in [0.2, 0.25) is 0 Å². The zero-order valence-electron chi connectivity index (χ0n) is 12.0. The van der Waals surface area contributed by atoms with Gasteiger partial charge in [-0.2, -0.15) is 0 Å². The molecule has 21 heavy (non-hydrogen) atoms. The van der Waals surface area contributed by atoms with Gasteiger partial charge in [0, 0.05) is 31.7 Å². The quantitative estimate of drug-likeness (QED) is 0.481. The van der Waals surface area contributed by atoms with Crippen molar-refractivity contribution in [1.82, 2.24) is 20.3 Å². The summed E-state index contributed by atoms with van der Waals surface area (Å²) < 4.78 is 0. The second kappa shape index (κ2) is 7.58. The van der Waals surface area contributed by atoms with Crippen molar-refractivity contribution >= 4 is 23.5 Å². The molecular formula is C14H17N5OS. The van der Waals surface area contributed by atoms with E-state index in [9.17, 15) is 4.79 Å². The maximum absolute atomic E-state index is 11.9. The maximum Gasteiger partial charge on any atom is 0.254 e. The third-order valence-electron chi connectivity index (χ3n) is 2.79. The van der Waals surface area contributed by atoms with Gasteiger partial charge in [0.05, 0.1) is 5.56 Å². The molecule has 0 fully saturated rings. The number of carbonyl (C=O) groups excluding carboxylic acids is 1. The average Bonchev–Trinajstić information content (AvgIpc) is 2.53. The number of pyridine rings is 1. The van der Waals surface area contributed by atoms with E-state index in [1.165, 1.54) is 24.2 Å². The standard InChI is InChI=1S/C14H17N5OS/c1-10-4-3-5-15-12(10)16-6-7-17-13(20)11-8-18-14(21-2)19-9-11/h3-5,8-9H,6-7H2,1-2H3,(H,15,16)(H,17,20). The molecule has 2 aromatic rings. The number of aryl methyl sites for hydroxylation is 1. The molecule has 0 aliphatic carbocycles. The molecule has 6 nitrogen and oxygen atoms in total. The Hall–Kier alpha value is -2.15. The van der Waals surface area contributed by atoms with Crippen molar-refractivity contribution in [2.75, 3.05) is 24.7 Å². The SMILES string of the molecule is CSc1ncc(C(=O)NCCNc2ncccc2C)cn1. The van der Waals surface area contributed by atoms with Crippen molar-refractivity contribution in [3.63, 3.8) is 0 Å². The van der Waals surface area contributed by atoms with E-state index >= 15 is 0 Å². The van der Waals surface area contributed by atoms with E-state index in [-0.39, 0.29) is 5.91 Å². The van der Waals surface area contributed by atoms with Crippen LogP contribution in [0.4, 0.5) is 5.82 Å². The van der Waals surface area contributed by atoms with Crippen LogP contribution in [0.5, 0.6) is 0 Å². The highest BCUT2D eigenvalue weighted by atomic mass is 32.2. The molecule has 0 saturated heterocycles. The number of aromatic nitrogens is 3. The number of hydrogen-bond donors (Lipinski definition) is 2. The van der Waals surface area contributed by atoms with E-state index in [1.807, 2.05) is 25.3 Å². The molecule has 0 saturated carbocycles. The zero-order chi connectivity index (χ0) is 15.1. The first-order valence-electron chi connectivity index (χ1n) is 6.50. The van der Waals surface area contributed by atoms with Gasteiger partial charge in [-0.05, 0) is 24.8 Å². The summed E-state index contributed by atoms with van der Waals surface area (Å²) in [5.74, 6) is 0.654. The summed E-state index contributed by atoms with van der Waals surface area (Å²) in [6.45, 7) is 3.09. The molecule has 2 rings (SSSR count). The Morgan fingerprint density at radius 3 is 2.67 bits per heavy atom. The van der Waals surface area contributed by atoms with Crippen LogP contribution < -0.4 is 10.6 Å². The first-order valence-corrected chi connectivity index (χ1v) is 7.73. The molecule has 0 unspecified atom stereocenters. The first kappa shape index (κ1) is 15.2. The monoisotopic (exact) mass is 303 g/mol. The first-order chi connectivity index (χ1) is 10.2. The maximum atomic E-state index is 11.9. The van der Waals surface area contributed by atoms with Crippen LogP contribution in [-0.2, 0) is 0 Å². The van der Waals surface area contributed by atoms with E-state index < -0.39 is 0 Å². The lowest BCUT2D eigenvalue weighted by molar-refractivity contribution is 0.0954. The van der Waals surface area contributed by atoms with Crippen molar-refractivity contribution in [3.05, 3.63) is 41.9 Å². The number of hydrogen-bond acceptors (Lipinski definition) is 6. The molecule has 7 heteroatoms. The van der Waals surface area contributed by atoms with Crippen LogP contribution in [0, 0.1) is 6.92 Å². The van der Waals surface area contributed by atoms with Crippen LogP contribution in [-0.4, -0.2) is 40.2 Å². The van der Waals surface area contributed by atoms with Crippen molar-refractivity contribution in [2.24, 2.45) is 0 Å². The van der Waals surface area contributed by atoms with Crippen molar-refractivity contribution in [2.45, 2.75) is 12.1 Å². The van der Waals surface area contributed by atoms with Crippen LogP contribution in [0.1, 0.15) is 15.9 Å². The Labute approximate surface area is 127 Å². The third kappa shape index (κ3) is 4.42. The van der Waals surface area contributed by atoms with E-state index in [2.05, 4.69) is 25.6 Å². The lowest BCUT2D eigenvalue weighted by atomic mass is 10.3. The lowest BCUT2D eigenvalue weighted by Crippen LogP contribution is -2.29. The van der Waals surface area contributed by atoms with E-state index in [0.717, 1.165) is 11.4 Å². The summed E-state index contributed by atoms with van der Waals surface area (Å²) in [5, 5.41) is 6.64. The Balaban J connectivity index is 1.77. The fourth-order valence-electron chi connectivity index (χ4n) is 1.67. The normalized spacial score (nSPS) is 10.2. The molecule has 0 atom stereocenters. The minimum Gasteiger partial charge on any atom is -0.368 e. The zero-order valence-corrected chi connectivity index (χ0v) is 12.8. The Bertz CT molecular complexity index is 603. The number of anilines is 1. The van der Waals surface area contributed by atoms with E-state index in [4.69, 9.17) is 0 Å².